The van der Waals surface area contributed by atoms with Gasteiger partial charge >= 0.3 is 12.1 Å². The zero-order chi connectivity index (χ0) is 24.2. The van der Waals surface area contributed by atoms with Gasteiger partial charge in [-0.25, -0.2) is 14.5 Å². The molecule has 0 aliphatic heterocycles. The van der Waals surface area contributed by atoms with E-state index in [9.17, 15) is 22.8 Å². The lowest BCUT2D eigenvalue weighted by Crippen LogP contribution is -2.15. The fourth-order valence-electron chi connectivity index (χ4n) is 3.88. The van der Waals surface area contributed by atoms with Gasteiger partial charge in [-0.1, -0.05) is 18.2 Å². The summed E-state index contributed by atoms with van der Waals surface area (Å²) < 4.78 is 47.5. The third kappa shape index (κ3) is 3.33. The van der Waals surface area contributed by atoms with Crippen molar-refractivity contribution in [3.63, 3.8) is 0 Å². The first kappa shape index (κ1) is 21.4. The second-order valence-electron chi connectivity index (χ2n) is 7.59. The number of carbonyl (C=O) groups is 1. The number of rotatable bonds is 3. The van der Waals surface area contributed by atoms with Gasteiger partial charge in [-0.15, -0.1) is 0 Å². The molecule has 3 heterocycles. The Morgan fingerprint density at radius 3 is 2.62 bits per heavy atom. The molecule has 0 amide bonds. The van der Waals surface area contributed by atoms with E-state index < -0.39 is 23.3 Å². The van der Waals surface area contributed by atoms with E-state index in [2.05, 4.69) is 15.2 Å². The number of fused-ring (bicyclic) bond motifs is 3. The number of aromatic nitrogens is 5. The third-order valence-corrected chi connectivity index (χ3v) is 5.51. The molecule has 0 aliphatic rings. The van der Waals surface area contributed by atoms with Crippen LogP contribution >= 0.6 is 0 Å². The number of pyridine rings is 1. The van der Waals surface area contributed by atoms with Crippen LogP contribution in [0.3, 0.4) is 0 Å². The lowest BCUT2D eigenvalue weighted by Gasteiger charge is -2.09. The predicted octanol–water partition coefficient (Wildman–Crippen LogP) is 4.07. The molecule has 3 aromatic heterocycles. The molecule has 0 bridgehead atoms. The Balaban J connectivity index is 1.83. The summed E-state index contributed by atoms with van der Waals surface area (Å²) in [4.78, 5) is 30.0. The molecule has 0 saturated heterocycles. The van der Waals surface area contributed by atoms with E-state index >= 15 is 0 Å². The van der Waals surface area contributed by atoms with Crippen molar-refractivity contribution in [1.29, 1.82) is 0 Å². The number of benzene rings is 2. The molecule has 0 fully saturated rings. The largest absolute Gasteiger partial charge is 0.465 e. The summed E-state index contributed by atoms with van der Waals surface area (Å²) >= 11 is 0. The molecular formula is C23H16F3N5O3. The quantitative estimate of drug-likeness (QED) is 0.404. The highest BCUT2D eigenvalue weighted by Gasteiger charge is 2.31. The molecule has 0 aliphatic carbocycles. The fourth-order valence-corrected chi connectivity index (χ4v) is 3.88. The van der Waals surface area contributed by atoms with E-state index in [1.807, 2.05) is 0 Å². The average molecular weight is 467 g/mol. The Kier molecular flexibility index (Phi) is 4.78. The van der Waals surface area contributed by atoms with Crippen molar-refractivity contribution in [2.45, 2.75) is 6.18 Å². The number of carbonyl (C=O) groups excluding carboxylic acids is 1. The van der Waals surface area contributed by atoms with Crippen molar-refractivity contribution in [3.05, 3.63) is 76.2 Å². The molecule has 5 rings (SSSR count). The summed E-state index contributed by atoms with van der Waals surface area (Å²) in [6, 6.07) is 10.9. The van der Waals surface area contributed by atoms with Crippen LogP contribution in [0.25, 0.3) is 38.9 Å². The topological polar surface area (TPSA) is 94.8 Å². The number of nitrogens with one attached hydrogen (secondary N) is 1. The van der Waals surface area contributed by atoms with Gasteiger partial charge in [-0.3, -0.25) is 14.6 Å². The van der Waals surface area contributed by atoms with Gasteiger partial charge in [-0.05, 0) is 30.3 Å². The van der Waals surface area contributed by atoms with E-state index in [1.54, 1.807) is 19.2 Å². The van der Waals surface area contributed by atoms with Gasteiger partial charge in [0, 0.05) is 12.6 Å². The number of H-pyrrole nitrogens is 1. The zero-order valence-electron chi connectivity index (χ0n) is 17.8. The first-order chi connectivity index (χ1) is 16.2. The Hall–Kier alpha value is -4.41. The molecule has 0 atom stereocenters. The number of ether oxygens (including phenoxy) is 1. The summed E-state index contributed by atoms with van der Waals surface area (Å²) in [6.07, 6.45) is -3.04. The summed E-state index contributed by atoms with van der Waals surface area (Å²) in [5, 5.41) is 7.81. The van der Waals surface area contributed by atoms with Crippen LogP contribution in [-0.4, -0.2) is 37.6 Å². The minimum atomic E-state index is -4.56. The number of hydrogen-bond donors (Lipinski definition) is 1. The van der Waals surface area contributed by atoms with Crippen LogP contribution in [0.5, 0.6) is 0 Å². The normalized spacial score (nSPS) is 11.9. The van der Waals surface area contributed by atoms with Crippen LogP contribution in [0.4, 0.5) is 13.2 Å². The summed E-state index contributed by atoms with van der Waals surface area (Å²) in [6.45, 7) is 0. The van der Waals surface area contributed by atoms with E-state index in [1.165, 1.54) is 46.9 Å². The zero-order valence-corrected chi connectivity index (χ0v) is 17.8. The number of alkyl halides is 3. The van der Waals surface area contributed by atoms with Crippen molar-refractivity contribution < 1.29 is 22.7 Å². The number of nitrogens with zero attached hydrogens (tertiary/aromatic N) is 4. The van der Waals surface area contributed by atoms with Crippen LogP contribution in [0.2, 0.25) is 0 Å². The number of esters is 1. The molecule has 8 nitrogen and oxygen atoms in total. The monoisotopic (exact) mass is 467 g/mol. The highest BCUT2D eigenvalue weighted by atomic mass is 19.4. The molecule has 0 spiro atoms. The Bertz CT molecular complexity index is 1650. The summed E-state index contributed by atoms with van der Waals surface area (Å²) in [5.74, 6) is -0.577. The number of aryl methyl sites for hydroxylation is 1. The molecule has 0 radical (unpaired) electrons. The maximum atomic E-state index is 13.5. The van der Waals surface area contributed by atoms with Gasteiger partial charge in [0.05, 0.1) is 52.1 Å². The number of halogens is 3. The highest BCUT2D eigenvalue weighted by Crippen LogP contribution is 2.34. The van der Waals surface area contributed by atoms with Gasteiger partial charge in [0.2, 0.25) is 0 Å². The maximum Gasteiger partial charge on any atom is 0.416 e. The molecule has 5 aromatic rings. The van der Waals surface area contributed by atoms with Crippen molar-refractivity contribution in [2.75, 3.05) is 7.11 Å². The molecule has 1 N–H and O–H groups in total. The van der Waals surface area contributed by atoms with Crippen LogP contribution in [-0.2, 0) is 18.0 Å². The number of aromatic amines is 1. The molecular weight excluding hydrogens is 451 g/mol. The van der Waals surface area contributed by atoms with Gasteiger partial charge in [0.15, 0.2) is 5.65 Å². The van der Waals surface area contributed by atoms with Gasteiger partial charge in [0.25, 0.3) is 5.56 Å². The fraction of sp³-hybridized carbons (Fsp3) is 0.130. The standard InChI is InChI=1S/C23H16F3N5O3/c1-30-20-16(11-27-30)19-17(18(28-20)12-5-3-7-14(9-12)23(24,25)26)21(32)31(29-19)15-8-4-6-13(10-15)22(33)34-2/h3-11,29H,1-2H3. The van der Waals surface area contributed by atoms with Crippen molar-refractivity contribution >= 4 is 27.9 Å². The Morgan fingerprint density at radius 1 is 1.12 bits per heavy atom. The maximum absolute atomic E-state index is 13.5. The predicted molar refractivity (Wildman–Crippen MR) is 118 cm³/mol. The van der Waals surface area contributed by atoms with Gasteiger partial charge < -0.3 is 4.74 Å². The molecule has 34 heavy (non-hydrogen) atoms. The minimum absolute atomic E-state index is 0.0846. The molecule has 0 unspecified atom stereocenters. The van der Waals surface area contributed by atoms with Crippen LogP contribution in [0.1, 0.15) is 15.9 Å². The number of methoxy groups -OCH3 is 1. The van der Waals surface area contributed by atoms with Crippen LogP contribution in [0, 0.1) is 0 Å². The summed E-state index contributed by atoms with van der Waals surface area (Å²) in [5.41, 5.74) is 0.144. The van der Waals surface area contributed by atoms with Gasteiger partial charge in [0.1, 0.15) is 0 Å². The Morgan fingerprint density at radius 2 is 1.88 bits per heavy atom. The van der Waals surface area contributed by atoms with Crippen molar-refractivity contribution in [3.8, 4) is 16.9 Å². The minimum Gasteiger partial charge on any atom is -0.465 e. The smallest absolute Gasteiger partial charge is 0.416 e. The highest BCUT2D eigenvalue weighted by molar-refractivity contribution is 6.07. The number of hydrogen-bond acceptors (Lipinski definition) is 5. The second-order valence-corrected chi connectivity index (χ2v) is 7.59. The first-order valence-electron chi connectivity index (χ1n) is 10.0. The molecule has 11 heteroatoms. The first-order valence-corrected chi connectivity index (χ1v) is 10.0. The summed E-state index contributed by atoms with van der Waals surface area (Å²) in [7, 11) is 2.89. The molecule has 2 aromatic carbocycles. The lowest BCUT2D eigenvalue weighted by atomic mass is 10.0. The van der Waals surface area contributed by atoms with Crippen LogP contribution in [0.15, 0.2) is 59.5 Å². The van der Waals surface area contributed by atoms with E-state index in [0.29, 0.717) is 22.2 Å². The van der Waals surface area contributed by atoms with Crippen LogP contribution < -0.4 is 5.56 Å². The molecule has 172 valence electrons. The average Bonchev–Trinajstić information content (AvgIpc) is 3.38. The van der Waals surface area contributed by atoms with Crippen molar-refractivity contribution in [2.24, 2.45) is 7.05 Å². The third-order valence-electron chi connectivity index (χ3n) is 5.51. The second kappa shape index (κ2) is 7.58. The van der Waals surface area contributed by atoms with Gasteiger partial charge in [-0.2, -0.15) is 18.3 Å². The Labute approximate surface area is 189 Å². The van der Waals surface area contributed by atoms with E-state index in [4.69, 9.17) is 4.74 Å². The molecule has 0 saturated carbocycles. The van der Waals surface area contributed by atoms with E-state index in [-0.39, 0.29) is 22.2 Å². The van der Waals surface area contributed by atoms with Crippen molar-refractivity contribution in [1.82, 2.24) is 24.5 Å². The SMILES string of the molecule is COC(=O)c1cccc(-n2[nH]c3c(c(-c4cccc(C(F)(F)F)c4)nc4c3cnn4C)c2=O)c1. The van der Waals surface area contributed by atoms with E-state index in [0.717, 1.165) is 12.1 Å². The lowest BCUT2D eigenvalue weighted by molar-refractivity contribution is -0.137.